The van der Waals surface area contributed by atoms with Gasteiger partial charge in [0.05, 0.1) is 13.7 Å². The van der Waals surface area contributed by atoms with E-state index in [1.807, 2.05) is 39.0 Å². The third-order valence-corrected chi connectivity index (χ3v) is 3.75. The van der Waals surface area contributed by atoms with Crippen LogP contribution in [0, 0.1) is 13.8 Å². The van der Waals surface area contributed by atoms with Crippen LogP contribution in [0.25, 0.3) is 6.08 Å². The Balaban J connectivity index is 1.88. The molecular formula is C22H25NO5. The predicted octanol–water partition coefficient (Wildman–Crippen LogP) is 3.91. The van der Waals surface area contributed by atoms with E-state index in [4.69, 9.17) is 14.2 Å². The summed E-state index contributed by atoms with van der Waals surface area (Å²) in [7, 11) is 1.55. The first-order valence-corrected chi connectivity index (χ1v) is 8.95. The van der Waals surface area contributed by atoms with Gasteiger partial charge in [0, 0.05) is 11.8 Å². The largest absolute Gasteiger partial charge is 0.493 e. The van der Waals surface area contributed by atoms with E-state index in [0.29, 0.717) is 23.8 Å². The van der Waals surface area contributed by atoms with Crippen molar-refractivity contribution in [2.45, 2.75) is 20.8 Å². The molecule has 0 heterocycles. The summed E-state index contributed by atoms with van der Waals surface area (Å²) in [6.07, 6.45) is 2.85. The lowest BCUT2D eigenvalue weighted by Crippen LogP contribution is -2.20. The topological polar surface area (TPSA) is 73.9 Å². The second kappa shape index (κ2) is 10.2. The van der Waals surface area contributed by atoms with E-state index >= 15 is 0 Å². The van der Waals surface area contributed by atoms with Crippen molar-refractivity contribution in [3.05, 3.63) is 59.2 Å². The molecule has 6 nitrogen and oxygen atoms in total. The number of hydrogen-bond acceptors (Lipinski definition) is 5. The summed E-state index contributed by atoms with van der Waals surface area (Å²) >= 11 is 0. The maximum absolute atomic E-state index is 12.0. The number of benzene rings is 2. The van der Waals surface area contributed by atoms with Gasteiger partial charge < -0.3 is 19.5 Å². The SMILES string of the molecule is CCOc1ccc(/C=C/C(=O)OCC(=O)Nc2cc(C)cc(C)c2)cc1OC. The number of aryl methyl sites for hydroxylation is 2. The highest BCUT2D eigenvalue weighted by atomic mass is 16.5. The molecule has 0 aliphatic carbocycles. The van der Waals surface area contributed by atoms with Gasteiger partial charge in [0.2, 0.25) is 0 Å². The molecule has 0 saturated heterocycles. The molecule has 0 aliphatic rings. The number of hydrogen-bond donors (Lipinski definition) is 1. The number of carbonyl (C=O) groups excluding carboxylic acids is 2. The van der Waals surface area contributed by atoms with E-state index < -0.39 is 11.9 Å². The molecule has 148 valence electrons. The Kier molecular flexibility index (Phi) is 7.63. The number of nitrogens with one attached hydrogen (secondary N) is 1. The zero-order valence-corrected chi connectivity index (χ0v) is 16.6. The predicted molar refractivity (Wildman–Crippen MR) is 109 cm³/mol. The lowest BCUT2D eigenvalue weighted by atomic mass is 10.1. The minimum Gasteiger partial charge on any atom is -0.493 e. The average Bonchev–Trinajstić information content (AvgIpc) is 2.65. The Labute approximate surface area is 165 Å². The van der Waals surface area contributed by atoms with Crippen molar-refractivity contribution in [2.24, 2.45) is 0 Å². The molecule has 0 bridgehead atoms. The van der Waals surface area contributed by atoms with Crippen LogP contribution in [0.5, 0.6) is 11.5 Å². The number of carbonyl (C=O) groups is 2. The zero-order chi connectivity index (χ0) is 20.5. The van der Waals surface area contributed by atoms with Gasteiger partial charge in [-0.25, -0.2) is 4.79 Å². The monoisotopic (exact) mass is 383 g/mol. The molecule has 0 saturated carbocycles. The summed E-state index contributed by atoms with van der Waals surface area (Å²) in [5, 5.41) is 2.72. The average molecular weight is 383 g/mol. The van der Waals surface area contributed by atoms with Crippen LogP contribution in [-0.2, 0) is 14.3 Å². The molecule has 0 unspecified atom stereocenters. The van der Waals surface area contributed by atoms with Crippen LogP contribution in [0.15, 0.2) is 42.5 Å². The maximum Gasteiger partial charge on any atom is 0.331 e. The molecule has 0 radical (unpaired) electrons. The molecular weight excluding hydrogens is 358 g/mol. The molecule has 0 aliphatic heterocycles. The third-order valence-electron chi connectivity index (χ3n) is 3.75. The highest BCUT2D eigenvalue weighted by molar-refractivity contribution is 5.94. The molecule has 1 amide bonds. The van der Waals surface area contributed by atoms with Crippen molar-refractivity contribution in [3.63, 3.8) is 0 Å². The van der Waals surface area contributed by atoms with Crippen molar-refractivity contribution >= 4 is 23.6 Å². The Morgan fingerprint density at radius 1 is 1.04 bits per heavy atom. The fourth-order valence-corrected chi connectivity index (χ4v) is 2.66. The Hall–Kier alpha value is -3.28. The number of amides is 1. The third kappa shape index (κ3) is 6.46. The number of anilines is 1. The number of methoxy groups -OCH3 is 1. The zero-order valence-electron chi connectivity index (χ0n) is 16.6. The minimum atomic E-state index is -0.608. The molecule has 0 atom stereocenters. The van der Waals surface area contributed by atoms with Crippen LogP contribution in [-0.4, -0.2) is 32.2 Å². The van der Waals surface area contributed by atoms with E-state index in [0.717, 1.165) is 16.7 Å². The van der Waals surface area contributed by atoms with Gasteiger partial charge in [-0.05, 0) is 67.8 Å². The highest BCUT2D eigenvalue weighted by Gasteiger charge is 2.07. The standard InChI is InChI=1S/C22H25NO5/c1-5-27-19-8-6-17(13-20(19)26-4)7-9-22(25)28-14-21(24)23-18-11-15(2)10-16(3)12-18/h6-13H,5,14H2,1-4H3,(H,23,24)/b9-7+. The summed E-state index contributed by atoms with van der Waals surface area (Å²) < 4.78 is 15.7. The van der Waals surface area contributed by atoms with Gasteiger partial charge in [0.1, 0.15) is 0 Å². The molecule has 28 heavy (non-hydrogen) atoms. The van der Waals surface area contributed by atoms with Crippen molar-refractivity contribution in [3.8, 4) is 11.5 Å². The van der Waals surface area contributed by atoms with Gasteiger partial charge in [-0.2, -0.15) is 0 Å². The Bertz CT molecular complexity index is 853. The molecule has 0 fully saturated rings. The van der Waals surface area contributed by atoms with Gasteiger partial charge in [-0.15, -0.1) is 0 Å². The first-order chi connectivity index (χ1) is 13.4. The van der Waals surface area contributed by atoms with Crippen molar-refractivity contribution in [1.29, 1.82) is 0 Å². The van der Waals surface area contributed by atoms with Crippen LogP contribution in [0.4, 0.5) is 5.69 Å². The molecule has 6 heteroatoms. The molecule has 2 aromatic carbocycles. The lowest BCUT2D eigenvalue weighted by Gasteiger charge is -2.09. The minimum absolute atomic E-state index is 0.358. The summed E-state index contributed by atoms with van der Waals surface area (Å²) in [5.74, 6) is 0.205. The normalized spacial score (nSPS) is 10.6. The van der Waals surface area contributed by atoms with Gasteiger partial charge in [-0.3, -0.25) is 4.79 Å². The number of ether oxygens (including phenoxy) is 3. The van der Waals surface area contributed by atoms with Crippen LogP contribution >= 0.6 is 0 Å². The quantitative estimate of drug-likeness (QED) is 0.553. The van der Waals surface area contributed by atoms with Crippen LogP contribution < -0.4 is 14.8 Å². The number of rotatable bonds is 8. The molecule has 2 aromatic rings. The highest BCUT2D eigenvalue weighted by Crippen LogP contribution is 2.28. The number of esters is 1. The van der Waals surface area contributed by atoms with E-state index in [-0.39, 0.29) is 6.61 Å². The van der Waals surface area contributed by atoms with E-state index in [1.54, 1.807) is 31.4 Å². The van der Waals surface area contributed by atoms with Crippen molar-refractivity contribution in [2.75, 3.05) is 25.6 Å². The molecule has 0 aromatic heterocycles. The lowest BCUT2D eigenvalue weighted by molar-refractivity contribution is -0.142. The second-order valence-electron chi connectivity index (χ2n) is 6.21. The molecule has 2 rings (SSSR count). The summed E-state index contributed by atoms with van der Waals surface area (Å²) in [6.45, 7) is 5.96. The van der Waals surface area contributed by atoms with Crippen molar-refractivity contribution in [1.82, 2.24) is 0 Å². The van der Waals surface area contributed by atoms with Crippen LogP contribution in [0.2, 0.25) is 0 Å². The summed E-state index contributed by atoms with van der Waals surface area (Å²) in [4.78, 5) is 23.8. The van der Waals surface area contributed by atoms with Crippen LogP contribution in [0.1, 0.15) is 23.6 Å². The van der Waals surface area contributed by atoms with Gasteiger partial charge in [0.25, 0.3) is 5.91 Å². The summed E-state index contributed by atoms with van der Waals surface area (Å²) in [5.41, 5.74) is 3.51. The van der Waals surface area contributed by atoms with Crippen molar-refractivity contribution < 1.29 is 23.8 Å². The van der Waals surface area contributed by atoms with Gasteiger partial charge >= 0.3 is 5.97 Å². The second-order valence-corrected chi connectivity index (χ2v) is 6.21. The maximum atomic E-state index is 12.0. The van der Waals surface area contributed by atoms with E-state index in [9.17, 15) is 9.59 Å². The molecule has 0 spiro atoms. The van der Waals surface area contributed by atoms with Gasteiger partial charge in [0.15, 0.2) is 18.1 Å². The van der Waals surface area contributed by atoms with E-state index in [1.165, 1.54) is 6.08 Å². The fourth-order valence-electron chi connectivity index (χ4n) is 2.66. The van der Waals surface area contributed by atoms with Crippen LogP contribution in [0.3, 0.4) is 0 Å². The first kappa shape index (κ1) is 21.0. The van der Waals surface area contributed by atoms with Gasteiger partial charge in [-0.1, -0.05) is 12.1 Å². The summed E-state index contributed by atoms with van der Waals surface area (Å²) in [6, 6.07) is 11.0. The Morgan fingerprint density at radius 3 is 2.39 bits per heavy atom. The fraction of sp³-hybridized carbons (Fsp3) is 0.273. The first-order valence-electron chi connectivity index (χ1n) is 8.95. The molecule has 1 N–H and O–H groups in total. The smallest absolute Gasteiger partial charge is 0.331 e. The van der Waals surface area contributed by atoms with E-state index in [2.05, 4.69) is 5.32 Å². The Morgan fingerprint density at radius 2 is 1.75 bits per heavy atom.